The van der Waals surface area contributed by atoms with Gasteiger partial charge >= 0.3 is 0 Å². The summed E-state index contributed by atoms with van der Waals surface area (Å²) in [6.45, 7) is 4.23. The van der Waals surface area contributed by atoms with Gasteiger partial charge in [0.2, 0.25) is 0 Å². The van der Waals surface area contributed by atoms with Crippen LogP contribution in [0.2, 0.25) is 0 Å². The monoisotopic (exact) mass is 190 g/mol. The predicted octanol–water partition coefficient (Wildman–Crippen LogP) is 1.45. The molecular weight excluding hydrogens is 172 g/mol. The molecule has 1 aliphatic heterocycles. The van der Waals surface area contributed by atoms with Crippen molar-refractivity contribution in [1.29, 1.82) is 0 Å². The van der Waals surface area contributed by atoms with Gasteiger partial charge in [0.15, 0.2) is 0 Å². The van der Waals surface area contributed by atoms with Crippen molar-refractivity contribution in [3.05, 3.63) is 0 Å². The van der Waals surface area contributed by atoms with Gasteiger partial charge in [-0.15, -0.1) is 0 Å². The number of rotatable bonds is 4. The minimum atomic E-state index is -0.623. The molecule has 2 unspecified atom stereocenters. The van der Waals surface area contributed by atoms with Crippen molar-refractivity contribution >= 4 is 0 Å². The Bertz CT molecular complexity index is 158. The van der Waals surface area contributed by atoms with E-state index in [4.69, 9.17) is 14.7 Å². The molecule has 1 saturated heterocycles. The zero-order valence-electron chi connectivity index (χ0n) is 8.45. The van der Waals surface area contributed by atoms with Crippen LogP contribution in [0.3, 0.4) is 0 Å². The van der Waals surface area contributed by atoms with Crippen molar-refractivity contribution < 1.29 is 19.6 Å². The molecule has 0 saturated carbocycles. The van der Waals surface area contributed by atoms with E-state index in [2.05, 4.69) is 4.89 Å². The molecule has 1 rings (SSSR count). The molecule has 0 aromatic rings. The first-order valence-electron chi connectivity index (χ1n) is 4.57. The summed E-state index contributed by atoms with van der Waals surface area (Å²) in [4.78, 5) is 4.38. The maximum Gasteiger partial charge on any atom is 0.124 e. The van der Waals surface area contributed by atoms with Crippen LogP contribution in [0.25, 0.3) is 0 Å². The SMILES string of the molecule is COCC1CCC(C(C)(C)OO)O1. The Morgan fingerprint density at radius 3 is 2.69 bits per heavy atom. The van der Waals surface area contributed by atoms with E-state index < -0.39 is 5.60 Å². The van der Waals surface area contributed by atoms with Crippen molar-refractivity contribution in [3.63, 3.8) is 0 Å². The molecule has 0 aromatic heterocycles. The molecule has 13 heavy (non-hydrogen) atoms. The van der Waals surface area contributed by atoms with E-state index in [1.54, 1.807) is 7.11 Å². The lowest BCUT2D eigenvalue weighted by molar-refractivity contribution is -0.335. The van der Waals surface area contributed by atoms with Crippen LogP contribution in [0, 0.1) is 0 Å². The van der Waals surface area contributed by atoms with Gasteiger partial charge in [-0.25, -0.2) is 4.89 Å². The fourth-order valence-electron chi connectivity index (χ4n) is 1.58. The third-order valence-corrected chi connectivity index (χ3v) is 2.47. The summed E-state index contributed by atoms with van der Waals surface area (Å²) in [7, 11) is 1.66. The third-order valence-electron chi connectivity index (χ3n) is 2.47. The zero-order chi connectivity index (χ0) is 9.90. The number of ether oxygens (including phenoxy) is 2. The Morgan fingerprint density at radius 2 is 2.15 bits per heavy atom. The highest BCUT2D eigenvalue weighted by molar-refractivity contribution is 4.85. The second-order valence-corrected chi connectivity index (χ2v) is 3.97. The van der Waals surface area contributed by atoms with Gasteiger partial charge in [0.05, 0.1) is 18.8 Å². The first kappa shape index (κ1) is 10.9. The summed E-state index contributed by atoms with van der Waals surface area (Å²) in [6.07, 6.45) is 1.97. The fourth-order valence-corrected chi connectivity index (χ4v) is 1.58. The Labute approximate surface area is 78.7 Å². The molecule has 1 fully saturated rings. The first-order valence-corrected chi connectivity index (χ1v) is 4.57. The van der Waals surface area contributed by atoms with Gasteiger partial charge < -0.3 is 9.47 Å². The van der Waals surface area contributed by atoms with Crippen LogP contribution in [0.15, 0.2) is 0 Å². The van der Waals surface area contributed by atoms with Gasteiger partial charge in [0.1, 0.15) is 5.60 Å². The molecule has 0 aliphatic carbocycles. The molecule has 0 bridgehead atoms. The van der Waals surface area contributed by atoms with Crippen LogP contribution in [-0.4, -0.2) is 36.8 Å². The topological polar surface area (TPSA) is 47.9 Å². The summed E-state index contributed by atoms with van der Waals surface area (Å²) < 4.78 is 10.6. The van der Waals surface area contributed by atoms with Crippen LogP contribution < -0.4 is 0 Å². The summed E-state index contributed by atoms with van der Waals surface area (Å²) in [6, 6.07) is 0. The summed E-state index contributed by atoms with van der Waals surface area (Å²) in [5.74, 6) is 0. The molecule has 78 valence electrons. The maximum absolute atomic E-state index is 8.66. The summed E-state index contributed by atoms with van der Waals surface area (Å²) >= 11 is 0. The Balaban J connectivity index is 2.40. The third kappa shape index (κ3) is 2.64. The lowest BCUT2D eigenvalue weighted by Crippen LogP contribution is -2.38. The molecule has 0 spiro atoms. The second kappa shape index (κ2) is 4.37. The first-order chi connectivity index (χ1) is 6.10. The van der Waals surface area contributed by atoms with Crippen molar-refractivity contribution in [1.82, 2.24) is 0 Å². The van der Waals surface area contributed by atoms with Crippen molar-refractivity contribution in [2.24, 2.45) is 0 Å². The fraction of sp³-hybridized carbons (Fsp3) is 1.00. The normalized spacial score (nSPS) is 29.5. The average Bonchev–Trinajstić information content (AvgIpc) is 2.54. The van der Waals surface area contributed by atoms with E-state index in [1.165, 1.54) is 0 Å². The van der Waals surface area contributed by atoms with Crippen LogP contribution in [0.5, 0.6) is 0 Å². The summed E-state index contributed by atoms with van der Waals surface area (Å²) in [5.41, 5.74) is -0.623. The van der Waals surface area contributed by atoms with Crippen LogP contribution >= 0.6 is 0 Å². The van der Waals surface area contributed by atoms with Gasteiger partial charge in [-0.1, -0.05) is 0 Å². The highest BCUT2D eigenvalue weighted by Crippen LogP contribution is 2.29. The highest BCUT2D eigenvalue weighted by atomic mass is 17.1. The van der Waals surface area contributed by atoms with Crippen molar-refractivity contribution in [3.8, 4) is 0 Å². The second-order valence-electron chi connectivity index (χ2n) is 3.97. The molecular formula is C9H18O4. The number of hydrogen-bond acceptors (Lipinski definition) is 4. The highest BCUT2D eigenvalue weighted by Gasteiger charge is 2.38. The smallest absolute Gasteiger partial charge is 0.124 e. The standard InChI is InChI=1S/C9H18O4/c1-9(2,13-10)8-5-4-7(12-8)6-11-3/h7-8,10H,4-6H2,1-3H3. The Morgan fingerprint density at radius 1 is 1.46 bits per heavy atom. The average molecular weight is 190 g/mol. The van der Waals surface area contributed by atoms with Gasteiger partial charge in [-0.05, 0) is 26.7 Å². The van der Waals surface area contributed by atoms with Crippen LogP contribution in [0.1, 0.15) is 26.7 Å². The molecule has 0 amide bonds. The van der Waals surface area contributed by atoms with Gasteiger partial charge in [0.25, 0.3) is 0 Å². The van der Waals surface area contributed by atoms with E-state index in [0.29, 0.717) is 6.61 Å². The molecule has 4 heteroatoms. The molecule has 0 radical (unpaired) electrons. The van der Waals surface area contributed by atoms with E-state index in [1.807, 2.05) is 13.8 Å². The van der Waals surface area contributed by atoms with Gasteiger partial charge in [-0.2, -0.15) is 0 Å². The van der Waals surface area contributed by atoms with Crippen molar-refractivity contribution in [2.75, 3.05) is 13.7 Å². The van der Waals surface area contributed by atoms with E-state index in [-0.39, 0.29) is 12.2 Å². The Hall–Kier alpha value is -0.160. The van der Waals surface area contributed by atoms with E-state index in [9.17, 15) is 0 Å². The van der Waals surface area contributed by atoms with Crippen LogP contribution in [0.4, 0.5) is 0 Å². The van der Waals surface area contributed by atoms with E-state index >= 15 is 0 Å². The minimum Gasteiger partial charge on any atom is -0.382 e. The molecule has 1 heterocycles. The molecule has 2 atom stereocenters. The zero-order valence-corrected chi connectivity index (χ0v) is 8.45. The number of hydrogen-bond donors (Lipinski definition) is 1. The van der Waals surface area contributed by atoms with Crippen molar-refractivity contribution in [2.45, 2.75) is 44.5 Å². The Kier molecular flexibility index (Phi) is 3.67. The van der Waals surface area contributed by atoms with Crippen LogP contribution in [-0.2, 0) is 14.4 Å². The lowest BCUT2D eigenvalue weighted by Gasteiger charge is -2.27. The maximum atomic E-state index is 8.66. The molecule has 4 nitrogen and oxygen atoms in total. The quantitative estimate of drug-likeness (QED) is 0.538. The summed E-state index contributed by atoms with van der Waals surface area (Å²) in [5, 5.41) is 8.66. The molecule has 1 aliphatic rings. The molecule has 1 N–H and O–H groups in total. The number of methoxy groups -OCH3 is 1. The largest absolute Gasteiger partial charge is 0.382 e. The molecule has 0 aromatic carbocycles. The van der Waals surface area contributed by atoms with E-state index in [0.717, 1.165) is 12.8 Å². The van der Waals surface area contributed by atoms with Gasteiger partial charge in [-0.3, -0.25) is 5.26 Å². The lowest BCUT2D eigenvalue weighted by atomic mass is 9.99. The predicted molar refractivity (Wildman–Crippen MR) is 47.6 cm³/mol. The minimum absolute atomic E-state index is 0.0438. The van der Waals surface area contributed by atoms with Gasteiger partial charge in [0, 0.05) is 7.11 Å².